The van der Waals surface area contributed by atoms with Crippen molar-refractivity contribution in [3.8, 4) is 5.75 Å². The molecule has 8 nitrogen and oxygen atoms in total. The second kappa shape index (κ2) is 9.03. The van der Waals surface area contributed by atoms with Gasteiger partial charge in [0.15, 0.2) is 0 Å². The third kappa shape index (κ3) is 4.68. The summed E-state index contributed by atoms with van der Waals surface area (Å²) in [5.41, 5.74) is 1.19. The summed E-state index contributed by atoms with van der Waals surface area (Å²) in [5, 5.41) is 8.53. The minimum atomic E-state index is -3.29. The molecular weight excluding hydrogens is 404 g/mol. The highest BCUT2D eigenvalue weighted by atomic mass is 32.2. The van der Waals surface area contributed by atoms with Crippen LogP contribution in [-0.2, 0) is 16.6 Å². The summed E-state index contributed by atoms with van der Waals surface area (Å²) in [6.07, 6.45) is 5.70. The van der Waals surface area contributed by atoms with E-state index in [0.717, 1.165) is 57.5 Å². The Kier molecular flexibility index (Phi) is 6.40. The maximum absolute atomic E-state index is 12.1. The molecule has 164 valence electrons. The number of likely N-dealkylation sites (tertiary alicyclic amines) is 1. The molecule has 0 bridgehead atoms. The number of ether oxygens (including phenoxy) is 1. The van der Waals surface area contributed by atoms with E-state index < -0.39 is 10.0 Å². The molecule has 0 amide bonds. The zero-order valence-corrected chi connectivity index (χ0v) is 18.5. The van der Waals surface area contributed by atoms with Crippen molar-refractivity contribution in [3.05, 3.63) is 41.6 Å². The zero-order chi connectivity index (χ0) is 21.1. The Balaban J connectivity index is 1.38. The van der Waals surface area contributed by atoms with Gasteiger partial charge in [0.1, 0.15) is 11.8 Å². The van der Waals surface area contributed by atoms with E-state index >= 15 is 0 Å². The van der Waals surface area contributed by atoms with Gasteiger partial charge in [-0.1, -0.05) is 24.6 Å². The Bertz CT molecular complexity index is 953. The van der Waals surface area contributed by atoms with E-state index in [1.807, 2.05) is 18.2 Å². The quantitative estimate of drug-likeness (QED) is 0.690. The molecule has 4 rings (SSSR count). The number of benzene rings is 1. The molecule has 0 unspecified atom stereocenters. The third-order valence-corrected chi connectivity index (χ3v) is 7.43. The number of sulfonamides is 1. The van der Waals surface area contributed by atoms with Crippen molar-refractivity contribution in [2.75, 3.05) is 33.0 Å². The van der Waals surface area contributed by atoms with Crippen LogP contribution in [-0.4, -0.2) is 60.8 Å². The van der Waals surface area contributed by atoms with Crippen LogP contribution in [0.25, 0.3) is 0 Å². The molecule has 0 spiro atoms. The summed E-state index contributed by atoms with van der Waals surface area (Å²) < 4.78 is 37.2. The van der Waals surface area contributed by atoms with Crippen LogP contribution in [0.4, 0.5) is 0 Å². The molecule has 0 N–H and O–H groups in total. The molecule has 1 aromatic carbocycles. The van der Waals surface area contributed by atoms with Crippen LogP contribution in [0.3, 0.4) is 0 Å². The Morgan fingerprint density at radius 1 is 1.07 bits per heavy atom. The lowest BCUT2D eigenvalue weighted by Crippen LogP contribution is -2.37. The van der Waals surface area contributed by atoms with Crippen LogP contribution in [0.1, 0.15) is 61.4 Å². The summed E-state index contributed by atoms with van der Waals surface area (Å²) in [6, 6.07) is 7.79. The molecule has 2 fully saturated rings. The first-order chi connectivity index (χ1) is 14.5. The Hall–Kier alpha value is -1.97. The summed E-state index contributed by atoms with van der Waals surface area (Å²) >= 11 is 0. The zero-order valence-electron chi connectivity index (χ0n) is 17.7. The molecular formula is C21H30N4O4S. The van der Waals surface area contributed by atoms with Gasteiger partial charge in [-0.05, 0) is 44.8 Å². The molecule has 30 heavy (non-hydrogen) atoms. The van der Waals surface area contributed by atoms with E-state index in [9.17, 15) is 8.42 Å². The highest BCUT2D eigenvalue weighted by molar-refractivity contribution is 7.88. The highest BCUT2D eigenvalue weighted by Gasteiger charge is 2.35. The van der Waals surface area contributed by atoms with Crippen molar-refractivity contribution in [1.29, 1.82) is 0 Å². The number of para-hydroxylation sites is 1. The molecule has 2 saturated heterocycles. The second-order valence-electron chi connectivity index (χ2n) is 8.23. The molecule has 2 aliphatic rings. The number of hydrogen-bond acceptors (Lipinski definition) is 7. The maximum atomic E-state index is 12.1. The average Bonchev–Trinajstić information content (AvgIpc) is 3.24. The van der Waals surface area contributed by atoms with Gasteiger partial charge >= 0.3 is 0 Å². The van der Waals surface area contributed by atoms with Crippen LogP contribution < -0.4 is 4.74 Å². The van der Waals surface area contributed by atoms with E-state index in [0.29, 0.717) is 18.3 Å². The number of aromatic nitrogens is 2. The van der Waals surface area contributed by atoms with E-state index in [-0.39, 0.29) is 12.0 Å². The van der Waals surface area contributed by atoms with Crippen molar-refractivity contribution in [2.45, 2.75) is 50.6 Å². The fraction of sp³-hybridized carbons (Fsp3) is 0.619. The van der Waals surface area contributed by atoms with Crippen LogP contribution in [0.2, 0.25) is 0 Å². The van der Waals surface area contributed by atoms with E-state index in [1.165, 1.54) is 16.1 Å². The first-order valence-electron chi connectivity index (χ1n) is 10.6. The van der Waals surface area contributed by atoms with Gasteiger partial charge < -0.3 is 9.15 Å². The summed E-state index contributed by atoms with van der Waals surface area (Å²) in [5.74, 6) is 2.21. The van der Waals surface area contributed by atoms with Crippen LogP contribution in [0.5, 0.6) is 5.75 Å². The Morgan fingerprint density at radius 2 is 1.80 bits per heavy atom. The van der Waals surface area contributed by atoms with Crippen LogP contribution in [0.15, 0.2) is 28.7 Å². The van der Waals surface area contributed by atoms with Gasteiger partial charge in [-0.3, -0.25) is 4.90 Å². The van der Waals surface area contributed by atoms with Crippen LogP contribution in [0, 0.1) is 0 Å². The lowest BCUT2D eigenvalue weighted by molar-refractivity contribution is 0.182. The fourth-order valence-corrected chi connectivity index (χ4v) is 5.63. The van der Waals surface area contributed by atoms with Gasteiger partial charge in [0.2, 0.25) is 21.8 Å². The lowest BCUT2D eigenvalue weighted by Gasteiger charge is -2.31. The molecule has 2 aromatic rings. The summed E-state index contributed by atoms with van der Waals surface area (Å²) in [6.45, 7) is 3.26. The molecule has 1 aromatic heterocycles. The lowest BCUT2D eigenvalue weighted by atomic mass is 9.96. The van der Waals surface area contributed by atoms with Gasteiger partial charge in [-0.25, -0.2) is 8.42 Å². The predicted molar refractivity (Wildman–Crippen MR) is 113 cm³/mol. The number of nitrogens with zero attached hydrogens (tertiary/aromatic N) is 4. The van der Waals surface area contributed by atoms with Crippen molar-refractivity contribution in [1.82, 2.24) is 19.4 Å². The molecule has 3 heterocycles. The van der Waals surface area contributed by atoms with Gasteiger partial charge in [0, 0.05) is 24.6 Å². The molecule has 0 aliphatic carbocycles. The molecule has 9 heteroatoms. The minimum absolute atomic E-state index is 0.218. The molecule has 0 radical (unpaired) electrons. The monoisotopic (exact) mass is 434 g/mol. The number of methoxy groups -OCH3 is 1. The topological polar surface area (TPSA) is 88.8 Å². The van der Waals surface area contributed by atoms with Crippen molar-refractivity contribution >= 4 is 10.0 Å². The Labute approximate surface area is 178 Å². The van der Waals surface area contributed by atoms with Crippen molar-refractivity contribution in [2.24, 2.45) is 0 Å². The Morgan fingerprint density at radius 3 is 2.53 bits per heavy atom. The van der Waals surface area contributed by atoms with Gasteiger partial charge in [0.05, 0.1) is 13.4 Å². The molecule has 2 aliphatic heterocycles. The molecule has 0 saturated carbocycles. The first-order valence-corrected chi connectivity index (χ1v) is 12.4. The van der Waals surface area contributed by atoms with Crippen molar-refractivity contribution in [3.63, 3.8) is 0 Å². The summed E-state index contributed by atoms with van der Waals surface area (Å²) in [4.78, 5) is 2.41. The highest BCUT2D eigenvalue weighted by Crippen LogP contribution is 2.35. The normalized spacial score (nSPS) is 22.3. The number of hydrogen-bond donors (Lipinski definition) is 0. The number of rotatable bonds is 6. The maximum Gasteiger partial charge on any atom is 0.234 e. The van der Waals surface area contributed by atoms with Gasteiger partial charge in [-0.15, -0.1) is 10.2 Å². The van der Waals surface area contributed by atoms with Gasteiger partial charge in [-0.2, -0.15) is 4.31 Å². The largest absolute Gasteiger partial charge is 0.496 e. The van der Waals surface area contributed by atoms with E-state index in [4.69, 9.17) is 9.15 Å². The van der Waals surface area contributed by atoms with Crippen LogP contribution >= 0.6 is 0 Å². The minimum Gasteiger partial charge on any atom is -0.496 e. The smallest absolute Gasteiger partial charge is 0.234 e. The fourth-order valence-electron chi connectivity index (χ4n) is 4.51. The number of piperidine rings is 2. The van der Waals surface area contributed by atoms with E-state index in [2.05, 4.69) is 21.2 Å². The third-order valence-electron chi connectivity index (χ3n) is 6.14. The average molecular weight is 435 g/mol. The van der Waals surface area contributed by atoms with Crippen molar-refractivity contribution < 1.29 is 17.6 Å². The first kappa shape index (κ1) is 21.3. The van der Waals surface area contributed by atoms with E-state index in [1.54, 1.807) is 7.11 Å². The molecule has 1 atom stereocenters. The predicted octanol–water partition coefficient (Wildman–Crippen LogP) is 2.94. The second-order valence-corrected chi connectivity index (χ2v) is 10.2. The SMILES string of the molecule is COc1ccccc1CN1CCC(c2nnc([C@@H]3CCCCN3S(C)(=O)=O)o2)CC1. The standard InChI is InChI=1S/C21H30N4O4S/c1-28-19-9-4-3-7-17(19)15-24-13-10-16(11-14-24)20-22-23-21(29-20)18-8-5-6-12-25(18)30(2,26)27/h3-4,7,9,16,18H,5-6,8,10-15H2,1-2H3/t18-/m0/s1. The summed E-state index contributed by atoms with van der Waals surface area (Å²) in [7, 11) is -1.59. The van der Waals surface area contributed by atoms with Gasteiger partial charge in [0.25, 0.3) is 0 Å².